The topological polar surface area (TPSA) is 55.1 Å². The van der Waals surface area contributed by atoms with Gasteiger partial charge in [-0.15, -0.1) is 0 Å². The smallest absolute Gasteiger partial charge is 0.241 e. The lowest BCUT2D eigenvalue weighted by molar-refractivity contribution is -0.117. The van der Waals surface area contributed by atoms with E-state index in [1.807, 2.05) is 0 Å². The number of hydrogen-bond donors (Lipinski definition) is 2. The number of carbonyl (C=O) groups is 1. The highest BCUT2D eigenvalue weighted by atomic mass is 35.5. The van der Waals surface area contributed by atoms with Crippen LogP contribution < -0.4 is 11.1 Å². The van der Waals surface area contributed by atoms with Crippen molar-refractivity contribution in [2.45, 2.75) is 19.4 Å². The Morgan fingerprint density at radius 3 is 2.93 bits per heavy atom. The second-order valence-corrected chi connectivity index (χ2v) is 3.56. The molecule has 0 aliphatic rings. The molecule has 15 heavy (non-hydrogen) atoms. The third kappa shape index (κ3) is 3.18. The Labute approximate surface area is 92.4 Å². The minimum atomic E-state index is -0.636. The molecular formula is C10H12ClFN2O. The second kappa shape index (κ2) is 5.09. The Hall–Kier alpha value is -1.13. The summed E-state index contributed by atoms with van der Waals surface area (Å²) in [5.74, 6) is -0.949. The Balaban J connectivity index is 2.80. The predicted octanol–water partition coefficient (Wildman–Crippen LogP) is 2.15. The first kappa shape index (κ1) is 11.9. The van der Waals surface area contributed by atoms with E-state index in [0.29, 0.717) is 11.4 Å². The van der Waals surface area contributed by atoms with Crippen molar-refractivity contribution in [3.63, 3.8) is 0 Å². The molecule has 1 aromatic rings. The van der Waals surface area contributed by atoms with Crippen molar-refractivity contribution >= 4 is 23.2 Å². The molecule has 1 unspecified atom stereocenters. The number of hydrogen-bond acceptors (Lipinski definition) is 2. The largest absolute Gasteiger partial charge is 0.322 e. The van der Waals surface area contributed by atoms with Gasteiger partial charge in [0.2, 0.25) is 5.91 Å². The molecule has 82 valence electrons. The van der Waals surface area contributed by atoms with E-state index in [-0.39, 0.29) is 5.69 Å². The summed E-state index contributed by atoms with van der Waals surface area (Å²) in [6, 6.07) is 3.31. The molecule has 0 fully saturated rings. The monoisotopic (exact) mass is 230 g/mol. The summed E-state index contributed by atoms with van der Waals surface area (Å²) in [4.78, 5) is 11.4. The molecule has 1 amide bonds. The van der Waals surface area contributed by atoms with Crippen molar-refractivity contribution < 1.29 is 9.18 Å². The molecule has 3 nitrogen and oxygen atoms in total. The van der Waals surface area contributed by atoms with Gasteiger partial charge >= 0.3 is 0 Å². The number of amides is 1. The molecule has 1 aromatic carbocycles. The average Bonchev–Trinajstić information content (AvgIpc) is 2.22. The number of anilines is 1. The lowest BCUT2D eigenvalue weighted by atomic mass is 10.2. The van der Waals surface area contributed by atoms with Gasteiger partial charge in [0.1, 0.15) is 5.82 Å². The molecular weight excluding hydrogens is 219 g/mol. The maximum atomic E-state index is 13.2. The van der Waals surface area contributed by atoms with Gasteiger partial charge in [-0.05, 0) is 24.6 Å². The molecule has 5 heteroatoms. The maximum Gasteiger partial charge on any atom is 0.241 e. The molecule has 0 aromatic heterocycles. The summed E-state index contributed by atoms with van der Waals surface area (Å²) in [6.07, 6.45) is 0.494. The van der Waals surface area contributed by atoms with E-state index < -0.39 is 17.8 Å². The van der Waals surface area contributed by atoms with Crippen molar-refractivity contribution in [2.75, 3.05) is 5.32 Å². The molecule has 1 atom stereocenters. The van der Waals surface area contributed by atoms with Gasteiger partial charge < -0.3 is 11.1 Å². The number of benzene rings is 1. The van der Waals surface area contributed by atoms with Crippen molar-refractivity contribution in [1.29, 1.82) is 0 Å². The minimum absolute atomic E-state index is 0.0522. The summed E-state index contributed by atoms with van der Waals surface area (Å²) in [7, 11) is 0. The highest BCUT2D eigenvalue weighted by Crippen LogP contribution is 2.19. The van der Waals surface area contributed by atoms with Gasteiger partial charge in [0, 0.05) is 5.02 Å². The number of rotatable bonds is 3. The standard InChI is InChI=1S/C10H12ClFN2O/c1-2-8(13)10(15)14-9-5-6(11)3-4-7(9)12/h3-5,8H,2,13H2,1H3,(H,14,15). The van der Waals surface area contributed by atoms with Crippen molar-refractivity contribution in [3.05, 3.63) is 29.0 Å². The normalized spacial score (nSPS) is 12.3. The molecule has 3 N–H and O–H groups in total. The molecule has 1 rings (SSSR count). The van der Waals surface area contributed by atoms with Gasteiger partial charge in [0.05, 0.1) is 11.7 Å². The van der Waals surface area contributed by atoms with E-state index >= 15 is 0 Å². The van der Waals surface area contributed by atoms with Crippen LogP contribution in [-0.2, 0) is 4.79 Å². The minimum Gasteiger partial charge on any atom is -0.322 e. The summed E-state index contributed by atoms with van der Waals surface area (Å²) >= 11 is 5.66. The molecule has 0 aliphatic heterocycles. The summed E-state index contributed by atoms with van der Waals surface area (Å²) in [6.45, 7) is 1.78. The zero-order valence-electron chi connectivity index (χ0n) is 8.26. The van der Waals surface area contributed by atoms with E-state index in [4.69, 9.17) is 17.3 Å². The van der Waals surface area contributed by atoms with E-state index in [1.54, 1.807) is 6.92 Å². The number of nitrogens with one attached hydrogen (secondary N) is 1. The Morgan fingerprint density at radius 1 is 1.67 bits per heavy atom. The first-order chi connectivity index (χ1) is 7.04. The Morgan fingerprint density at radius 2 is 2.33 bits per heavy atom. The highest BCUT2D eigenvalue weighted by molar-refractivity contribution is 6.30. The van der Waals surface area contributed by atoms with E-state index in [1.165, 1.54) is 18.2 Å². The molecule has 0 saturated heterocycles. The van der Waals surface area contributed by atoms with Crippen LogP contribution in [0.25, 0.3) is 0 Å². The fourth-order valence-corrected chi connectivity index (χ4v) is 1.18. The van der Waals surface area contributed by atoms with Gasteiger partial charge in [-0.1, -0.05) is 18.5 Å². The summed E-state index contributed by atoms with van der Waals surface area (Å²) < 4.78 is 13.2. The molecule has 0 bridgehead atoms. The molecule has 0 spiro atoms. The van der Waals surface area contributed by atoms with Crippen LogP contribution in [0.2, 0.25) is 5.02 Å². The predicted molar refractivity (Wildman–Crippen MR) is 58.3 cm³/mol. The Bertz CT molecular complexity index is 370. The van der Waals surface area contributed by atoms with Crippen molar-refractivity contribution in [2.24, 2.45) is 5.73 Å². The van der Waals surface area contributed by atoms with E-state index in [0.717, 1.165) is 0 Å². The van der Waals surface area contributed by atoms with Crippen LogP contribution in [0, 0.1) is 5.82 Å². The van der Waals surface area contributed by atoms with Gasteiger partial charge in [0.15, 0.2) is 0 Å². The maximum absolute atomic E-state index is 13.2. The van der Waals surface area contributed by atoms with Crippen LogP contribution >= 0.6 is 11.6 Å². The fraction of sp³-hybridized carbons (Fsp3) is 0.300. The van der Waals surface area contributed by atoms with Gasteiger partial charge in [-0.2, -0.15) is 0 Å². The molecule has 0 radical (unpaired) electrons. The lowest BCUT2D eigenvalue weighted by Gasteiger charge is -2.10. The summed E-state index contributed by atoms with van der Waals surface area (Å²) in [5.41, 5.74) is 5.54. The van der Waals surface area contributed by atoms with Gasteiger partial charge in [-0.25, -0.2) is 4.39 Å². The van der Waals surface area contributed by atoms with Crippen molar-refractivity contribution in [3.8, 4) is 0 Å². The van der Waals surface area contributed by atoms with Crippen molar-refractivity contribution in [1.82, 2.24) is 0 Å². The van der Waals surface area contributed by atoms with Crippen LogP contribution in [0.15, 0.2) is 18.2 Å². The first-order valence-electron chi connectivity index (χ1n) is 4.56. The lowest BCUT2D eigenvalue weighted by Crippen LogP contribution is -2.35. The number of carbonyl (C=O) groups excluding carboxylic acids is 1. The highest BCUT2D eigenvalue weighted by Gasteiger charge is 2.13. The summed E-state index contributed by atoms with van der Waals surface area (Å²) in [5, 5.41) is 2.74. The van der Waals surface area contributed by atoms with Crippen LogP contribution in [0.5, 0.6) is 0 Å². The van der Waals surface area contributed by atoms with Crippen LogP contribution in [-0.4, -0.2) is 11.9 Å². The Kier molecular flexibility index (Phi) is 4.05. The fourth-order valence-electron chi connectivity index (χ4n) is 1.00. The average molecular weight is 231 g/mol. The van der Waals surface area contributed by atoms with Crippen LogP contribution in [0.3, 0.4) is 0 Å². The quantitative estimate of drug-likeness (QED) is 0.836. The molecule has 0 saturated carbocycles. The van der Waals surface area contributed by atoms with E-state index in [2.05, 4.69) is 5.32 Å². The zero-order valence-corrected chi connectivity index (χ0v) is 9.01. The van der Waals surface area contributed by atoms with Gasteiger partial charge in [-0.3, -0.25) is 4.79 Å². The van der Waals surface area contributed by atoms with Crippen LogP contribution in [0.1, 0.15) is 13.3 Å². The third-order valence-electron chi connectivity index (χ3n) is 1.96. The third-order valence-corrected chi connectivity index (χ3v) is 2.20. The SMILES string of the molecule is CCC(N)C(=O)Nc1cc(Cl)ccc1F. The second-order valence-electron chi connectivity index (χ2n) is 3.13. The molecule has 0 heterocycles. The zero-order chi connectivity index (χ0) is 11.4. The van der Waals surface area contributed by atoms with Gasteiger partial charge in [0.25, 0.3) is 0 Å². The first-order valence-corrected chi connectivity index (χ1v) is 4.94. The number of nitrogens with two attached hydrogens (primary N) is 1. The van der Waals surface area contributed by atoms with Crippen LogP contribution in [0.4, 0.5) is 10.1 Å². The van der Waals surface area contributed by atoms with E-state index in [9.17, 15) is 9.18 Å². The number of halogens is 2. The molecule has 0 aliphatic carbocycles.